The van der Waals surface area contributed by atoms with E-state index in [9.17, 15) is 0 Å². The summed E-state index contributed by atoms with van der Waals surface area (Å²) in [7, 11) is 0. The molecular weight excluding hydrogens is 284 g/mol. The lowest BCUT2D eigenvalue weighted by Crippen LogP contribution is -2.19. The maximum Gasteiger partial charge on any atom is 0.147 e. The van der Waals surface area contributed by atoms with Gasteiger partial charge in [0, 0.05) is 6.54 Å². The molecule has 2 aromatic rings. The Morgan fingerprint density at radius 1 is 1.33 bits per heavy atom. The number of imidazole rings is 1. The highest BCUT2D eigenvalue weighted by molar-refractivity contribution is 6.20. The fraction of sp³-hybridized carbons (Fsp3) is 0.588. The van der Waals surface area contributed by atoms with Gasteiger partial charge in [-0.05, 0) is 51.7 Å². The number of hydrogen-bond donors (Lipinski definition) is 0. The summed E-state index contributed by atoms with van der Waals surface area (Å²) in [6.45, 7) is 7.08. The first-order chi connectivity index (χ1) is 10.1. The number of halogens is 1. The van der Waals surface area contributed by atoms with Crippen molar-refractivity contribution in [1.82, 2.24) is 9.55 Å². The molecule has 1 aromatic carbocycles. The van der Waals surface area contributed by atoms with E-state index in [1.54, 1.807) is 0 Å². The molecule has 3 nitrogen and oxygen atoms in total. The van der Waals surface area contributed by atoms with Gasteiger partial charge in [-0.1, -0.05) is 12.5 Å². The smallest absolute Gasteiger partial charge is 0.147 e. The van der Waals surface area contributed by atoms with Crippen LogP contribution in [0.1, 0.15) is 51.2 Å². The topological polar surface area (TPSA) is 27.1 Å². The summed E-state index contributed by atoms with van der Waals surface area (Å²) in [4.78, 5) is 4.78. The monoisotopic (exact) mass is 306 g/mol. The number of benzene rings is 1. The third-order valence-corrected chi connectivity index (χ3v) is 4.35. The minimum atomic E-state index is -0.0932. The largest absolute Gasteiger partial charge is 0.489 e. The van der Waals surface area contributed by atoms with E-state index >= 15 is 0 Å². The van der Waals surface area contributed by atoms with Gasteiger partial charge < -0.3 is 9.30 Å². The van der Waals surface area contributed by atoms with Crippen LogP contribution in [0.3, 0.4) is 0 Å². The lowest BCUT2D eigenvalue weighted by Gasteiger charge is -2.27. The summed E-state index contributed by atoms with van der Waals surface area (Å²) < 4.78 is 8.20. The first kappa shape index (κ1) is 14.7. The molecule has 1 saturated carbocycles. The van der Waals surface area contributed by atoms with Gasteiger partial charge in [0.1, 0.15) is 17.1 Å². The Morgan fingerprint density at radius 3 is 2.67 bits per heavy atom. The van der Waals surface area contributed by atoms with Crippen molar-refractivity contribution in [2.24, 2.45) is 5.92 Å². The minimum Gasteiger partial charge on any atom is -0.489 e. The van der Waals surface area contributed by atoms with Gasteiger partial charge in [-0.25, -0.2) is 4.98 Å². The van der Waals surface area contributed by atoms with E-state index in [1.807, 2.05) is 32.9 Å². The first-order valence-electron chi connectivity index (χ1n) is 7.86. The molecule has 114 valence electrons. The second-order valence-corrected chi connectivity index (χ2v) is 6.94. The summed E-state index contributed by atoms with van der Waals surface area (Å²) in [5.41, 5.74) is 2.08. The maximum absolute atomic E-state index is 6.36. The van der Waals surface area contributed by atoms with E-state index in [-0.39, 0.29) is 11.5 Å². The standard InChI is InChI=1S/C17H23ClN2O/c1-11(2)21-15-9-5-8-14-16(15)19-17(12(3)18)20(14)10-13-6-4-7-13/h5,8-9,11-13H,4,6-7,10H2,1-3H3. The average Bonchev–Trinajstić information content (AvgIpc) is 2.73. The van der Waals surface area contributed by atoms with Gasteiger partial charge in [0.2, 0.25) is 0 Å². The van der Waals surface area contributed by atoms with Gasteiger partial charge >= 0.3 is 0 Å². The number of para-hydroxylation sites is 1. The molecule has 0 aliphatic heterocycles. The molecule has 1 aromatic heterocycles. The van der Waals surface area contributed by atoms with Crippen molar-refractivity contribution in [3.8, 4) is 5.75 Å². The predicted octanol–water partition coefficient (Wildman–Crippen LogP) is 4.92. The van der Waals surface area contributed by atoms with Gasteiger partial charge in [0.05, 0.1) is 17.0 Å². The number of fused-ring (bicyclic) bond motifs is 1. The molecule has 4 heteroatoms. The third kappa shape index (κ3) is 2.89. The van der Waals surface area contributed by atoms with Crippen molar-refractivity contribution in [2.45, 2.75) is 58.1 Å². The van der Waals surface area contributed by atoms with Crippen molar-refractivity contribution >= 4 is 22.6 Å². The second-order valence-electron chi connectivity index (χ2n) is 6.28. The van der Waals surface area contributed by atoms with Crippen LogP contribution in [-0.4, -0.2) is 15.7 Å². The Morgan fingerprint density at radius 2 is 2.10 bits per heavy atom. The third-order valence-electron chi connectivity index (χ3n) is 4.16. The summed E-state index contributed by atoms with van der Waals surface area (Å²) in [6, 6.07) is 6.16. The zero-order valence-electron chi connectivity index (χ0n) is 13.0. The molecule has 0 bridgehead atoms. The lowest BCUT2D eigenvalue weighted by molar-refractivity contribution is 0.245. The van der Waals surface area contributed by atoms with Gasteiger partial charge in [0.25, 0.3) is 0 Å². The molecule has 21 heavy (non-hydrogen) atoms. The highest BCUT2D eigenvalue weighted by Gasteiger charge is 2.23. The maximum atomic E-state index is 6.36. The first-order valence-corrected chi connectivity index (χ1v) is 8.29. The van der Waals surface area contributed by atoms with E-state index in [0.29, 0.717) is 0 Å². The Balaban J connectivity index is 2.07. The summed E-state index contributed by atoms with van der Waals surface area (Å²) in [6.07, 6.45) is 4.13. The molecule has 1 heterocycles. The van der Waals surface area contributed by atoms with Crippen molar-refractivity contribution in [3.05, 3.63) is 24.0 Å². The lowest BCUT2D eigenvalue weighted by atomic mass is 9.85. The number of ether oxygens (including phenoxy) is 1. The summed E-state index contributed by atoms with van der Waals surface area (Å²) >= 11 is 6.36. The highest BCUT2D eigenvalue weighted by Crippen LogP contribution is 2.34. The molecule has 0 radical (unpaired) electrons. The van der Waals surface area contributed by atoms with E-state index in [0.717, 1.165) is 35.1 Å². The summed E-state index contributed by atoms with van der Waals surface area (Å²) in [5.74, 6) is 2.58. The van der Waals surface area contributed by atoms with Crippen LogP contribution in [0.2, 0.25) is 0 Å². The van der Waals surface area contributed by atoms with E-state index in [1.165, 1.54) is 19.3 Å². The molecule has 1 aliphatic rings. The highest BCUT2D eigenvalue weighted by atomic mass is 35.5. The van der Waals surface area contributed by atoms with Crippen LogP contribution in [0.25, 0.3) is 11.0 Å². The van der Waals surface area contributed by atoms with E-state index in [4.69, 9.17) is 21.3 Å². The van der Waals surface area contributed by atoms with Crippen molar-refractivity contribution in [3.63, 3.8) is 0 Å². The normalized spacial score (nSPS) is 17.2. The molecular formula is C17H23ClN2O. The SMILES string of the molecule is CC(C)Oc1cccc2c1nc(C(C)Cl)n2CC1CCC1. The number of hydrogen-bond acceptors (Lipinski definition) is 2. The van der Waals surface area contributed by atoms with Gasteiger partial charge in [-0.15, -0.1) is 11.6 Å². The Hall–Kier alpha value is -1.22. The molecule has 1 aliphatic carbocycles. The van der Waals surface area contributed by atoms with Gasteiger partial charge in [-0.2, -0.15) is 0 Å². The Kier molecular flexibility index (Phi) is 4.12. The number of nitrogens with zero attached hydrogens (tertiary/aromatic N) is 2. The van der Waals surface area contributed by atoms with Crippen molar-refractivity contribution in [2.75, 3.05) is 0 Å². The fourth-order valence-electron chi connectivity index (χ4n) is 2.92. The molecule has 0 saturated heterocycles. The predicted molar refractivity (Wildman–Crippen MR) is 87.1 cm³/mol. The molecule has 0 amide bonds. The number of aromatic nitrogens is 2. The molecule has 0 N–H and O–H groups in total. The minimum absolute atomic E-state index is 0.0932. The van der Waals surface area contributed by atoms with Gasteiger partial charge in [0.15, 0.2) is 0 Å². The molecule has 1 unspecified atom stereocenters. The fourth-order valence-corrected chi connectivity index (χ4v) is 3.08. The quantitative estimate of drug-likeness (QED) is 0.733. The van der Waals surface area contributed by atoms with Crippen LogP contribution in [0.4, 0.5) is 0 Å². The van der Waals surface area contributed by atoms with Crippen molar-refractivity contribution in [1.29, 1.82) is 0 Å². The molecule has 0 spiro atoms. The van der Waals surface area contributed by atoms with Crippen LogP contribution < -0.4 is 4.74 Å². The van der Waals surface area contributed by atoms with Crippen LogP contribution in [0.15, 0.2) is 18.2 Å². The zero-order chi connectivity index (χ0) is 15.0. The van der Waals surface area contributed by atoms with E-state index < -0.39 is 0 Å². The zero-order valence-corrected chi connectivity index (χ0v) is 13.7. The van der Waals surface area contributed by atoms with Crippen LogP contribution in [-0.2, 0) is 6.54 Å². The number of rotatable bonds is 5. The van der Waals surface area contributed by atoms with Crippen LogP contribution >= 0.6 is 11.6 Å². The number of alkyl halides is 1. The average molecular weight is 307 g/mol. The Labute approximate surface area is 131 Å². The summed E-state index contributed by atoms with van der Waals surface area (Å²) in [5, 5.41) is -0.0932. The second kappa shape index (κ2) is 5.88. The van der Waals surface area contributed by atoms with Gasteiger partial charge in [-0.3, -0.25) is 0 Å². The van der Waals surface area contributed by atoms with Crippen LogP contribution in [0, 0.1) is 5.92 Å². The molecule has 3 rings (SSSR count). The van der Waals surface area contributed by atoms with E-state index in [2.05, 4.69) is 10.6 Å². The molecule has 1 fully saturated rings. The van der Waals surface area contributed by atoms with Crippen LogP contribution in [0.5, 0.6) is 5.75 Å². The molecule has 1 atom stereocenters. The van der Waals surface area contributed by atoms with Crippen molar-refractivity contribution < 1.29 is 4.74 Å². The Bertz CT molecular complexity index is 629.